The maximum atomic E-state index is 12.3. The van der Waals surface area contributed by atoms with Crippen LogP contribution in [0, 0.1) is 5.92 Å². The van der Waals surface area contributed by atoms with Crippen molar-refractivity contribution in [2.45, 2.75) is 25.0 Å². The van der Waals surface area contributed by atoms with Crippen LogP contribution in [0.15, 0.2) is 0 Å². The molecule has 0 aromatic carbocycles. The van der Waals surface area contributed by atoms with Gasteiger partial charge in [0.1, 0.15) is 6.04 Å². The molecule has 0 aromatic rings. The molecule has 0 spiro atoms. The highest BCUT2D eigenvalue weighted by Crippen LogP contribution is 2.23. The van der Waals surface area contributed by atoms with Gasteiger partial charge in [0.05, 0.1) is 12.7 Å². The third-order valence-corrected chi connectivity index (χ3v) is 3.77. The lowest BCUT2D eigenvalue weighted by Crippen LogP contribution is -2.47. The van der Waals surface area contributed by atoms with Crippen molar-refractivity contribution in [2.24, 2.45) is 5.92 Å². The van der Waals surface area contributed by atoms with Gasteiger partial charge in [-0.3, -0.25) is 0 Å². The number of carboxylic acid groups (broad SMARTS) is 1. The van der Waals surface area contributed by atoms with Gasteiger partial charge in [-0.2, -0.15) is 0 Å². The first-order valence-corrected chi connectivity index (χ1v) is 6.48. The predicted octanol–water partition coefficient (Wildman–Crippen LogP) is -0.405. The van der Waals surface area contributed by atoms with E-state index in [0.29, 0.717) is 25.6 Å². The molecule has 7 heteroatoms. The number of methoxy groups -OCH3 is 1. The Morgan fingerprint density at radius 1 is 1.37 bits per heavy atom. The number of urea groups is 1. The molecule has 2 rings (SSSR count). The fourth-order valence-corrected chi connectivity index (χ4v) is 2.82. The molecule has 7 nitrogen and oxygen atoms in total. The normalized spacial score (nSPS) is 30.9. The lowest BCUT2D eigenvalue weighted by molar-refractivity contribution is -0.141. The Balaban J connectivity index is 1.97. The van der Waals surface area contributed by atoms with Crippen LogP contribution in [0.5, 0.6) is 0 Å². The molecular formula is C12H20N2O5. The Bertz CT molecular complexity index is 362. The number of β-amino-alcohol motifs (C(OH)–C–C–N with tert-alkyl or cyclic N) is 1. The van der Waals surface area contributed by atoms with E-state index in [-0.39, 0.29) is 19.0 Å². The van der Waals surface area contributed by atoms with Crippen LogP contribution in [0.2, 0.25) is 0 Å². The molecule has 108 valence electrons. The van der Waals surface area contributed by atoms with E-state index in [2.05, 4.69) is 0 Å². The van der Waals surface area contributed by atoms with Crippen molar-refractivity contribution in [2.75, 3.05) is 33.4 Å². The quantitative estimate of drug-likeness (QED) is 0.729. The van der Waals surface area contributed by atoms with Gasteiger partial charge in [-0.05, 0) is 6.42 Å². The van der Waals surface area contributed by atoms with Crippen LogP contribution in [0.1, 0.15) is 12.8 Å². The lowest BCUT2D eigenvalue weighted by Gasteiger charge is -2.27. The second kappa shape index (κ2) is 5.75. The van der Waals surface area contributed by atoms with E-state index in [1.807, 2.05) is 0 Å². The van der Waals surface area contributed by atoms with Gasteiger partial charge in [-0.1, -0.05) is 0 Å². The zero-order chi connectivity index (χ0) is 14.0. The molecule has 2 N–H and O–H groups in total. The zero-order valence-corrected chi connectivity index (χ0v) is 11.0. The monoisotopic (exact) mass is 272 g/mol. The number of aliphatic hydroxyl groups excluding tert-OH is 1. The summed E-state index contributed by atoms with van der Waals surface area (Å²) in [5, 5.41) is 18.6. The average molecular weight is 272 g/mol. The molecule has 19 heavy (non-hydrogen) atoms. The lowest BCUT2D eigenvalue weighted by atomic mass is 10.1. The Kier molecular flexibility index (Phi) is 4.26. The summed E-state index contributed by atoms with van der Waals surface area (Å²) in [4.78, 5) is 26.3. The number of ether oxygens (including phenoxy) is 1. The summed E-state index contributed by atoms with van der Waals surface area (Å²) >= 11 is 0. The van der Waals surface area contributed by atoms with E-state index in [0.717, 1.165) is 6.42 Å². The first kappa shape index (κ1) is 14.1. The third kappa shape index (κ3) is 2.98. The maximum Gasteiger partial charge on any atom is 0.326 e. The first-order chi connectivity index (χ1) is 9.02. The summed E-state index contributed by atoms with van der Waals surface area (Å²) in [5.74, 6) is -0.748. The molecule has 3 atom stereocenters. The van der Waals surface area contributed by atoms with Gasteiger partial charge in [0.2, 0.25) is 0 Å². The molecule has 0 radical (unpaired) electrons. The number of carboxylic acids is 1. The molecular weight excluding hydrogens is 252 g/mol. The van der Waals surface area contributed by atoms with Gasteiger partial charge in [0, 0.05) is 39.1 Å². The summed E-state index contributed by atoms with van der Waals surface area (Å²) in [6.07, 6.45) is 0.229. The SMILES string of the molecule is COCC1CCN(C(=O)N2C[C@H](O)C[C@@H]2C(=O)O)C1. The standard InChI is InChI=1S/C12H20N2O5/c1-19-7-8-2-3-13(5-8)12(18)14-6-9(15)4-10(14)11(16)17/h8-10,15H,2-7H2,1H3,(H,16,17)/t8?,9-,10-/m1/s1. The fourth-order valence-electron chi connectivity index (χ4n) is 2.82. The predicted molar refractivity (Wildman–Crippen MR) is 65.7 cm³/mol. The van der Waals surface area contributed by atoms with Gasteiger partial charge < -0.3 is 24.7 Å². The van der Waals surface area contributed by atoms with Crippen molar-refractivity contribution in [3.63, 3.8) is 0 Å². The molecule has 0 aromatic heterocycles. The maximum absolute atomic E-state index is 12.3. The van der Waals surface area contributed by atoms with Crippen LogP contribution in [-0.2, 0) is 9.53 Å². The number of aliphatic hydroxyl groups is 1. The number of hydrogen-bond acceptors (Lipinski definition) is 4. The summed E-state index contributed by atoms with van der Waals surface area (Å²) in [6.45, 7) is 1.91. The number of aliphatic carboxylic acids is 1. The molecule has 2 amide bonds. The van der Waals surface area contributed by atoms with Crippen LogP contribution >= 0.6 is 0 Å². The summed E-state index contributed by atoms with van der Waals surface area (Å²) in [5.41, 5.74) is 0. The van der Waals surface area contributed by atoms with E-state index in [1.165, 1.54) is 4.90 Å². The second-order valence-electron chi connectivity index (χ2n) is 5.23. The number of rotatable bonds is 3. The summed E-state index contributed by atoms with van der Waals surface area (Å²) < 4.78 is 5.07. The van der Waals surface area contributed by atoms with E-state index in [9.17, 15) is 14.7 Å². The number of likely N-dealkylation sites (tertiary alicyclic amines) is 2. The van der Waals surface area contributed by atoms with Gasteiger partial charge in [-0.25, -0.2) is 9.59 Å². The second-order valence-corrected chi connectivity index (χ2v) is 5.23. The number of carbonyl (C=O) groups is 2. The minimum atomic E-state index is -1.06. The van der Waals surface area contributed by atoms with E-state index >= 15 is 0 Å². The van der Waals surface area contributed by atoms with Gasteiger partial charge in [0.25, 0.3) is 0 Å². The van der Waals surface area contributed by atoms with Crippen LogP contribution < -0.4 is 0 Å². The molecule has 2 aliphatic rings. The fraction of sp³-hybridized carbons (Fsp3) is 0.833. The minimum Gasteiger partial charge on any atom is -0.480 e. The Hall–Kier alpha value is -1.34. The van der Waals surface area contributed by atoms with Crippen LogP contribution in [0.3, 0.4) is 0 Å². The average Bonchev–Trinajstić information content (AvgIpc) is 2.95. The molecule has 2 aliphatic heterocycles. The van der Waals surface area contributed by atoms with E-state index in [4.69, 9.17) is 9.84 Å². The van der Waals surface area contributed by atoms with Gasteiger partial charge >= 0.3 is 12.0 Å². The third-order valence-electron chi connectivity index (χ3n) is 3.77. The summed E-state index contributed by atoms with van der Waals surface area (Å²) in [7, 11) is 1.63. The molecule has 0 saturated carbocycles. The molecule has 0 bridgehead atoms. The molecule has 2 heterocycles. The topological polar surface area (TPSA) is 90.3 Å². The molecule has 2 saturated heterocycles. The number of carbonyl (C=O) groups excluding carboxylic acids is 1. The van der Waals surface area contributed by atoms with Gasteiger partial charge in [0.15, 0.2) is 0 Å². The Morgan fingerprint density at radius 2 is 2.11 bits per heavy atom. The molecule has 1 unspecified atom stereocenters. The summed E-state index contributed by atoms with van der Waals surface area (Å²) in [6, 6.07) is -1.20. The Morgan fingerprint density at radius 3 is 2.74 bits per heavy atom. The highest BCUT2D eigenvalue weighted by molar-refractivity contribution is 5.83. The van der Waals surface area contributed by atoms with Crippen LogP contribution in [0.4, 0.5) is 4.79 Å². The van der Waals surface area contributed by atoms with Crippen molar-refractivity contribution < 1.29 is 24.5 Å². The highest BCUT2D eigenvalue weighted by Gasteiger charge is 2.41. The molecule has 0 aliphatic carbocycles. The molecule has 2 fully saturated rings. The van der Waals surface area contributed by atoms with Gasteiger partial charge in [-0.15, -0.1) is 0 Å². The van der Waals surface area contributed by atoms with E-state index < -0.39 is 18.1 Å². The Labute approximate surface area is 111 Å². The highest BCUT2D eigenvalue weighted by atomic mass is 16.5. The first-order valence-electron chi connectivity index (χ1n) is 6.48. The minimum absolute atomic E-state index is 0.0985. The van der Waals surface area contributed by atoms with Crippen molar-refractivity contribution >= 4 is 12.0 Å². The van der Waals surface area contributed by atoms with Crippen molar-refractivity contribution in [1.29, 1.82) is 0 Å². The van der Waals surface area contributed by atoms with Crippen molar-refractivity contribution in [1.82, 2.24) is 9.80 Å². The van der Waals surface area contributed by atoms with Crippen molar-refractivity contribution in [3.05, 3.63) is 0 Å². The van der Waals surface area contributed by atoms with Crippen LogP contribution in [-0.4, -0.2) is 77.5 Å². The number of hydrogen-bond donors (Lipinski definition) is 2. The van der Waals surface area contributed by atoms with Crippen LogP contribution in [0.25, 0.3) is 0 Å². The number of nitrogens with zero attached hydrogens (tertiary/aromatic N) is 2. The largest absolute Gasteiger partial charge is 0.480 e. The van der Waals surface area contributed by atoms with E-state index in [1.54, 1.807) is 12.0 Å². The number of amides is 2. The van der Waals surface area contributed by atoms with Crippen molar-refractivity contribution in [3.8, 4) is 0 Å². The smallest absolute Gasteiger partial charge is 0.326 e. The zero-order valence-electron chi connectivity index (χ0n) is 11.0.